The second-order valence-electron chi connectivity index (χ2n) is 7.05. The Morgan fingerprint density at radius 3 is 2.32 bits per heavy atom. The number of nitrogens with zero attached hydrogens (tertiary/aromatic N) is 1. The van der Waals surface area contributed by atoms with Gasteiger partial charge in [0.1, 0.15) is 0 Å². The molecule has 1 N–H and O–H groups in total. The molecule has 120 valence electrons. The molecular weight excluding hydrogens is 275 g/mol. The Hall–Kier alpha value is -1.17. The van der Waals surface area contributed by atoms with Gasteiger partial charge in [0.25, 0.3) is 0 Å². The van der Waals surface area contributed by atoms with Gasteiger partial charge in [-0.15, -0.1) is 0 Å². The molecule has 2 heterocycles. The third kappa shape index (κ3) is 3.42. The smallest absolute Gasteiger partial charge is 0.400 e. The lowest BCUT2D eigenvalue weighted by Gasteiger charge is -2.32. The molecule has 0 bridgehead atoms. The molecule has 0 aromatic carbocycles. The quantitative estimate of drug-likeness (QED) is 0.869. The molecular formula is C17H27BN2O2. The van der Waals surface area contributed by atoms with E-state index >= 15 is 0 Å². The molecule has 0 atom stereocenters. The Kier molecular flexibility index (Phi) is 4.80. The highest BCUT2D eigenvalue weighted by Crippen LogP contribution is 2.38. The van der Waals surface area contributed by atoms with E-state index in [1.165, 1.54) is 5.56 Å². The molecule has 0 unspecified atom stereocenters. The molecule has 1 aliphatic heterocycles. The predicted molar refractivity (Wildman–Crippen MR) is 91.7 cm³/mol. The molecule has 0 aliphatic carbocycles. The molecule has 1 aromatic rings. The van der Waals surface area contributed by atoms with Gasteiger partial charge < -0.3 is 14.6 Å². The van der Waals surface area contributed by atoms with E-state index in [-0.39, 0.29) is 18.3 Å². The van der Waals surface area contributed by atoms with Crippen molar-refractivity contribution in [1.29, 1.82) is 0 Å². The first kappa shape index (κ1) is 17.2. The normalized spacial score (nSPS) is 20.5. The Morgan fingerprint density at radius 1 is 1.23 bits per heavy atom. The van der Waals surface area contributed by atoms with E-state index in [4.69, 9.17) is 9.31 Å². The fraction of sp³-hybridized carbons (Fsp3) is 0.588. The summed E-state index contributed by atoms with van der Waals surface area (Å²) in [6, 6.07) is 2.14. The third-order valence-electron chi connectivity index (χ3n) is 4.51. The summed E-state index contributed by atoms with van der Waals surface area (Å²) >= 11 is 0. The molecule has 2 rings (SSSR count). The molecule has 22 heavy (non-hydrogen) atoms. The summed E-state index contributed by atoms with van der Waals surface area (Å²) in [7, 11) is 1.58. The maximum Gasteiger partial charge on any atom is 0.491 e. The number of hydrogen-bond donors (Lipinski definition) is 1. The topological polar surface area (TPSA) is 43.4 Å². The summed E-state index contributed by atoms with van der Waals surface area (Å²) < 4.78 is 12.3. The lowest BCUT2D eigenvalue weighted by atomic mass is 9.77. The zero-order valence-electron chi connectivity index (χ0n) is 14.8. The van der Waals surface area contributed by atoms with E-state index in [1.54, 1.807) is 0 Å². The van der Waals surface area contributed by atoms with Crippen molar-refractivity contribution < 1.29 is 9.31 Å². The van der Waals surface area contributed by atoms with Crippen LogP contribution in [0.2, 0.25) is 0 Å². The van der Waals surface area contributed by atoms with Gasteiger partial charge in [-0.25, -0.2) is 0 Å². The minimum Gasteiger partial charge on any atom is -0.400 e. The lowest BCUT2D eigenvalue weighted by Crippen LogP contribution is -2.41. The minimum absolute atomic E-state index is 0.333. The highest BCUT2D eigenvalue weighted by molar-refractivity contribution is 6.55. The van der Waals surface area contributed by atoms with Gasteiger partial charge in [0.05, 0.1) is 16.9 Å². The predicted octanol–water partition coefficient (Wildman–Crippen LogP) is 2.93. The Labute approximate surface area is 134 Å². The van der Waals surface area contributed by atoms with Gasteiger partial charge >= 0.3 is 7.12 Å². The van der Waals surface area contributed by atoms with Crippen LogP contribution in [0.5, 0.6) is 0 Å². The van der Waals surface area contributed by atoms with Crippen LogP contribution in [0, 0.1) is 13.8 Å². The zero-order valence-corrected chi connectivity index (χ0v) is 14.8. The summed E-state index contributed by atoms with van der Waals surface area (Å²) in [5.74, 6) is 0. The van der Waals surface area contributed by atoms with Crippen LogP contribution in [0.3, 0.4) is 0 Å². The van der Waals surface area contributed by atoms with Crippen LogP contribution in [0.4, 0.5) is 0 Å². The molecule has 1 saturated heterocycles. The lowest BCUT2D eigenvalue weighted by molar-refractivity contribution is 0.00578. The van der Waals surface area contributed by atoms with Crippen molar-refractivity contribution in [3.05, 3.63) is 34.6 Å². The van der Waals surface area contributed by atoms with E-state index in [9.17, 15) is 0 Å². The van der Waals surface area contributed by atoms with Crippen molar-refractivity contribution in [2.24, 2.45) is 0 Å². The highest BCUT2D eigenvalue weighted by Gasteiger charge is 2.52. The Bertz CT molecular complexity index is 566. The van der Waals surface area contributed by atoms with Gasteiger partial charge in [-0.05, 0) is 71.3 Å². The van der Waals surface area contributed by atoms with Crippen molar-refractivity contribution in [2.75, 3.05) is 13.6 Å². The molecule has 0 amide bonds. The summed E-state index contributed by atoms with van der Waals surface area (Å²) in [6.07, 6.45) is 3.97. The molecule has 4 nitrogen and oxygen atoms in total. The van der Waals surface area contributed by atoms with Crippen molar-refractivity contribution in [1.82, 2.24) is 10.3 Å². The molecule has 1 aliphatic rings. The number of hydrogen-bond acceptors (Lipinski definition) is 4. The maximum absolute atomic E-state index is 6.16. The molecule has 0 radical (unpaired) electrons. The van der Waals surface area contributed by atoms with Crippen molar-refractivity contribution in [3.8, 4) is 0 Å². The molecule has 0 spiro atoms. The van der Waals surface area contributed by atoms with Crippen LogP contribution in [0.15, 0.2) is 17.7 Å². The van der Waals surface area contributed by atoms with Gasteiger partial charge in [0, 0.05) is 12.7 Å². The van der Waals surface area contributed by atoms with Gasteiger partial charge in [0.2, 0.25) is 0 Å². The van der Waals surface area contributed by atoms with E-state index in [1.807, 2.05) is 13.2 Å². The summed E-state index contributed by atoms with van der Waals surface area (Å²) in [5, 5.41) is 3.19. The first-order valence-corrected chi connectivity index (χ1v) is 7.80. The zero-order chi connectivity index (χ0) is 16.5. The van der Waals surface area contributed by atoms with Crippen LogP contribution in [-0.4, -0.2) is 36.9 Å². The van der Waals surface area contributed by atoms with E-state index in [0.29, 0.717) is 6.54 Å². The average Bonchev–Trinajstić information content (AvgIpc) is 2.61. The van der Waals surface area contributed by atoms with Gasteiger partial charge in [-0.3, -0.25) is 4.98 Å². The van der Waals surface area contributed by atoms with Gasteiger partial charge in [-0.1, -0.05) is 6.07 Å². The van der Waals surface area contributed by atoms with Crippen LogP contribution in [0.25, 0.3) is 6.08 Å². The van der Waals surface area contributed by atoms with Gasteiger partial charge in [-0.2, -0.15) is 0 Å². The maximum atomic E-state index is 6.16. The van der Waals surface area contributed by atoms with E-state index < -0.39 is 0 Å². The van der Waals surface area contributed by atoms with Crippen molar-refractivity contribution in [3.63, 3.8) is 0 Å². The highest BCUT2D eigenvalue weighted by atomic mass is 16.7. The molecule has 5 heteroatoms. The van der Waals surface area contributed by atoms with Crippen LogP contribution in [-0.2, 0) is 9.31 Å². The molecule has 1 fully saturated rings. The number of aromatic nitrogens is 1. The Balaban J connectivity index is 2.33. The summed E-state index contributed by atoms with van der Waals surface area (Å²) in [6.45, 7) is 13.1. The number of rotatable bonds is 4. The number of likely N-dealkylation sites (N-methyl/N-ethyl adjacent to an activating group) is 1. The Morgan fingerprint density at radius 2 is 1.82 bits per heavy atom. The third-order valence-corrected chi connectivity index (χ3v) is 4.51. The first-order valence-electron chi connectivity index (χ1n) is 7.80. The fourth-order valence-corrected chi connectivity index (χ4v) is 2.45. The largest absolute Gasteiger partial charge is 0.491 e. The summed E-state index contributed by atoms with van der Waals surface area (Å²) in [4.78, 5) is 4.53. The second kappa shape index (κ2) is 6.15. The molecule has 0 saturated carbocycles. The van der Waals surface area contributed by atoms with Gasteiger partial charge in [0.15, 0.2) is 0 Å². The fourth-order valence-electron chi connectivity index (χ4n) is 2.45. The second-order valence-corrected chi connectivity index (χ2v) is 7.05. The van der Waals surface area contributed by atoms with E-state index in [0.717, 1.165) is 16.7 Å². The monoisotopic (exact) mass is 302 g/mol. The van der Waals surface area contributed by atoms with Crippen molar-refractivity contribution >= 4 is 13.2 Å². The average molecular weight is 302 g/mol. The number of aryl methyl sites for hydroxylation is 2. The number of nitrogens with one attached hydrogen (secondary N) is 1. The first-order chi connectivity index (χ1) is 10.2. The van der Waals surface area contributed by atoms with E-state index in [2.05, 4.69) is 64.0 Å². The standard InChI is InChI=1S/C17H27BN2O2/c1-12-8-13(2)15(20-10-12)9-14(11-19-7)18-21-16(3,4)17(5,6)22-18/h8-10,19H,11H2,1-7H3. The van der Waals surface area contributed by atoms with Crippen LogP contribution >= 0.6 is 0 Å². The number of pyridine rings is 1. The van der Waals surface area contributed by atoms with Crippen LogP contribution < -0.4 is 5.32 Å². The molecule has 1 aromatic heterocycles. The van der Waals surface area contributed by atoms with Crippen LogP contribution in [0.1, 0.15) is 44.5 Å². The minimum atomic E-state index is -0.347. The SMILES string of the molecule is CNCC(=Cc1ncc(C)cc1C)B1OC(C)(C)C(C)(C)O1. The summed E-state index contributed by atoms with van der Waals surface area (Å²) in [5.41, 5.74) is 3.68. The van der Waals surface area contributed by atoms with Crippen molar-refractivity contribution in [2.45, 2.75) is 52.7 Å².